The summed E-state index contributed by atoms with van der Waals surface area (Å²) in [6.45, 7) is 6.31. The largest absolute Gasteiger partial charge is 0.369 e. The zero-order valence-corrected chi connectivity index (χ0v) is 20.7. The van der Waals surface area contributed by atoms with Gasteiger partial charge in [0.2, 0.25) is 5.91 Å². The van der Waals surface area contributed by atoms with Crippen LogP contribution in [0.2, 0.25) is 0 Å². The molecule has 2 aromatic carbocycles. The molecule has 7 nitrogen and oxygen atoms in total. The van der Waals surface area contributed by atoms with E-state index in [9.17, 15) is 14.4 Å². The van der Waals surface area contributed by atoms with Crippen molar-refractivity contribution in [1.29, 1.82) is 0 Å². The van der Waals surface area contributed by atoms with E-state index in [4.69, 9.17) is 0 Å². The van der Waals surface area contributed by atoms with Crippen molar-refractivity contribution in [2.45, 2.75) is 38.6 Å². The highest BCUT2D eigenvalue weighted by Gasteiger charge is 2.36. The van der Waals surface area contributed by atoms with Gasteiger partial charge >= 0.3 is 6.03 Å². The zero-order chi connectivity index (χ0) is 23.9. The molecule has 2 heterocycles. The van der Waals surface area contributed by atoms with E-state index in [-0.39, 0.29) is 17.8 Å². The molecule has 1 atom stereocenters. The van der Waals surface area contributed by atoms with E-state index in [1.165, 1.54) is 11.3 Å². The number of carbonyl (C=O) groups excluding carboxylic acids is 3. The number of carbonyl (C=O) groups is 3. The summed E-state index contributed by atoms with van der Waals surface area (Å²) in [4.78, 5) is 40.8. The first-order valence-electron chi connectivity index (χ1n) is 10.8. The highest BCUT2D eigenvalue weighted by atomic mass is 79.9. The Kier molecular flexibility index (Phi) is 6.05. The third kappa shape index (κ3) is 4.66. The first-order valence-corrected chi connectivity index (χ1v) is 11.6. The van der Waals surface area contributed by atoms with E-state index in [1.54, 1.807) is 30.3 Å². The van der Waals surface area contributed by atoms with Crippen LogP contribution in [-0.4, -0.2) is 41.9 Å². The molecule has 172 valence electrons. The number of urea groups is 1. The van der Waals surface area contributed by atoms with Crippen LogP contribution in [0.4, 0.5) is 16.2 Å². The molecule has 0 radical (unpaired) electrons. The van der Waals surface area contributed by atoms with Gasteiger partial charge in [0.05, 0.1) is 0 Å². The van der Waals surface area contributed by atoms with E-state index in [0.29, 0.717) is 11.6 Å². The lowest BCUT2D eigenvalue weighted by Gasteiger charge is -2.45. The number of nitrogens with one attached hydrogen (secondary N) is 2. The van der Waals surface area contributed by atoms with E-state index in [2.05, 4.69) is 71.4 Å². The molecule has 1 unspecified atom stereocenters. The monoisotopic (exact) mass is 510 g/mol. The molecule has 8 heteroatoms. The van der Waals surface area contributed by atoms with Crippen molar-refractivity contribution >= 4 is 51.2 Å². The minimum Gasteiger partial charge on any atom is -0.369 e. The predicted molar refractivity (Wildman–Crippen MR) is 133 cm³/mol. The number of anilines is 2. The van der Waals surface area contributed by atoms with Gasteiger partial charge in [-0.05, 0) is 79.8 Å². The molecule has 2 N–H and O–H groups in total. The topological polar surface area (TPSA) is 81.8 Å². The van der Waals surface area contributed by atoms with Gasteiger partial charge in [0, 0.05) is 28.4 Å². The quantitative estimate of drug-likeness (QED) is 0.461. The molecular formula is C25H27BrN4O3. The fraction of sp³-hybridized carbons (Fsp3) is 0.320. The average molecular weight is 511 g/mol. The number of halogens is 1. The zero-order valence-electron chi connectivity index (χ0n) is 19.1. The predicted octanol–water partition coefficient (Wildman–Crippen LogP) is 4.70. The summed E-state index contributed by atoms with van der Waals surface area (Å²) in [6, 6.07) is 12.5. The smallest absolute Gasteiger partial charge is 0.329 e. The van der Waals surface area contributed by atoms with E-state index < -0.39 is 17.8 Å². The van der Waals surface area contributed by atoms with Crippen LogP contribution in [0.15, 0.2) is 52.6 Å². The van der Waals surface area contributed by atoms with E-state index in [1.807, 2.05) is 6.07 Å². The first-order chi connectivity index (χ1) is 15.5. The molecule has 0 aliphatic carbocycles. The van der Waals surface area contributed by atoms with Gasteiger partial charge in [-0.2, -0.15) is 0 Å². The van der Waals surface area contributed by atoms with Crippen molar-refractivity contribution in [3.05, 3.63) is 63.8 Å². The maximum Gasteiger partial charge on any atom is 0.329 e. The molecule has 1 saturated heterocycles. The molecule has 0 saturated carbocycles. The fourth-order valence-electron chi connectivity index (χ4n) is 4.44. The van der Waals surface area contributed by atoms with Crippen LogP contribution in [0.1, 0.15) is 44.2 Å². The van der Waals surface area contributed by atoms with Gasteiger partial charge in [-0.1, -0.05) is 28.9 Å². The van der Waals surface area contributed by atoms with Crippen molar-refractivity contribution in [2.24, 2.45) is 0 Å². The Morgan fingerprint density at radius 2 is 1.91 bits per heavy atom. The summed E-state index contributed by atoms with van der Waals surface area (Å²) < 4.78 is 0.885. The Morgan fingerprint density at radius 1 is 1.21 bits per heavy atom. The molecule has 2 aliphatic heterocycles. The summed E-state index contributed by atoms with van der Waals surface area (Å²) in [5.41, 5.74) is 4.04. The number of fused-ring (bicyclic) bond motifs is 1. The van der Waals surface area contributed by atoms with Crippen LogP contribution in [-0.2, 0) is 9.59 Å². The molecule has 2 aliphatic rings. The van der Waals surface area contributed by atoms with Crippen LogP contribution >= 0.6 is 15.9 Å². The third-order valence-corrected chi connectivity index (χ3v) is 6.89. The summed E-state index contributed by atoms with van der Waals surface area (Å²) in [5.74, 6) is -0.595. The number of hydrogen-bond acceptors (Lipinski definition) is 4. The SMILES string of the molecule is CC1CC(C)(C)N(C)c2ccc(/C=C3/NC(=O)N(CC(=O)Nc4ccc(Br)cc4)C3=O)cc21. The standard InChI is InChI=1S/C25H27BrN4O3/c1-15-13-25(2,3)29(4)21-10-5-16(11-19(15)21)12-20-23(32)30(24(33)28-20)14-22(31)27-18-8-6-17(26)7-9-18/h5-12,15H,13-14H2,1-4H3,(H,27,31)(H,28,33)/b20-12+. The Hall–Kier alpha value is -3.13. The summed E-state index contributed by atoms with van der Waals surface area (Å²) >= 11 is 3.34. The van der Waals surface area contributed by atoms with Gasteiger partial charge in [-0.3, -0.25) is 9.59 Å². The van der Waals surface area contributed by atoms with Crippen LogP contribution < -0.4 is 15.5 Å². The lowest BCUT2D eigenvalue weighted by atomic mass is 9.80. The average Bonchev–Trinajstić information content (AvgIpc) is 3.01. The normalized spacial score (nSPS) is 20.6. The van der Waals surface area contributed by atoms with Gasteiger partial charge in [0.15, 0.2) is 0 Å². The Bertz CT molecular complexity index is 1160. The maximum atomic E-state index is 12.8. The second-order valence-electron chi connectivity index (χ2n) is 9.23. The van der Waals surface area contributed by atoms with Crippen molar-refractivity contribution < 1.29 is 14.4 Å². The van der Waals surface area contributed by atoms with Crippen LogP contribution in [0, 0.1) is 0 Å². The van der Waals surface area contributed by atoms with Crippen molar-refractivity contribution in [3.8, 4) is 0 Å². The maximum absolute atomic E-state index is 12.8. The molecule has 2 aromatic rings. The van der Waals surface area contributed by atoms with Gasteiger partial charge < -0.3 is 15.5 Å². The highest BCUT2D eigenvalue weighted by Crippen LogP contribution is 2.42. The Labute approximate surface area is 202 Å². The lowest BCUT2D eigenvalue weighted by molar-refractivity contribution is -0.127. The molecule has 0 aromatic heterocycles. The number of benzene rings is 2. The molecule has 0 spiro atoms. The van der Waals surface area contributed by atoms with Gasteiger partial charge in [0.1, 0.15) is 12.2 Å². The fourth-order valence-corrected chi connectivity index (χ4v) is 4.71. The highest BCUT2D eigenvalue weighted by molar-refractivity contribution is 9.10. The van der Waals surface area contributed by atoms with Crippen LogP contribution in [0.25, 0.3) is 6.08 Å². The number of rotatable bonds is 4. The number of imide groups is 1. The lowest BCUT2D eigenvalue weighted by Crippen LogP contribution is -2.45. The van der Waals surface area contributed by atoms with E-state index >= 15 is 0 Å². The van der Waals surface area contributed by atoms with Crippen molar-refractivity contribution in [2.75, 3.05) is 23.8 Å². The second-order valence-corrected chi connectivity index (χ2v) is 10.1. The molecule has 1 fully saturated rings. The third-order valence-electron chi connectivity index (χ3n) is 6.36. The molecule has 0 bridgehead atoms. The van der Waals surface area contributed by atoms with Gasteiger partial charge in [-0.25, -0.2) is 9.69 Å². The van der Waals surface area contributed by atoms with Crippen molar-refractivity contribution in [1.82, 2.24) is 10.2 Å². The molecule has 4 rings (SSSR count). The molecule has 33 heavy (non-hydrogen) atoms. The van der Waals surface area contributed by atoms with Crippen molar-refractivity contribution in [3.63, 3.8) is 0 Å². The minimum atomic E-state index is -0.606. The van der Waals surface area contributed by atoms with Crippen LogP contribution in [0.3, 0.4) is 0 Å². The number of nitrogens with zero attached hydrogens (tertiary/aromatic N) is 2. The second kappa shape index (κ2) is 8.67. The Morgan fingerprint density at radius 3 is 2.61 bits per heavy atom. The van der Waals surface area contributed by atoms with Gasteiger partial charge in [0.25, 0.3) is 5.91 Å². The summed E-state index contributed by atoms with van der Waals surface area (Å²) in [6.07, 6.45) is 2.69. The molecule has 4 amide bonds. The van der Waals surface area contributed by atoms with E-state index in [0.717, 1.165) is 21.4 Å². The number of amides is 4. The summed E-state index contributed by atoms with van der Waals surface area (Å²) in [5, 5.41) is 5.29. The molecular weight excluding hydrogens is 484 g/mol. The number of hydrogen-bond donors (Lipinski definition) is 2. The van der Waals surface area contributed by atoms with Crippen LogP contribution in [0.5, 0.6) is 0 Å². The Balaban J connectivity index is 1.49. The minimum absolute atomic E-state index is 0.0686. The summed E-state index contributed by atoms with van der Waals surface area (Å²) in [7, 11) is 2.10. The first kappa shape index (κ1) is 23.0. The van der Waals surface area contributed by atoms with Gasteiger partial charge in [-0.15, -0.1) is 0 Å².